The number of hydrogen-bond donors (Lipinski definition) is 4. The Kier molecular flexibility index (Phi) is 4.26. The lowest BCUT2D eigenvalue weighted by Gasteiger charge is -2.15. The zero-order chi connectivity index (χ0) is 14.0. The number of halogens is 1. The summed E-state index contributed by atoms with van der Waals surface area (Å²) in [5.74, 6) is -0.268. The maximum absolute atomic E-state index is 11.8. The highest BCUT2D eigenvalue weighted by atomic mass is 35.5. The number of benzene rings is 1. The number of nitrogens with two attached hydrogens (primary N) is 1. The minimum absolute atomic E-state index is 0.0834. The van der Waals surface area contributed by atoms with Gasteiger partial charge in [0.2, 0.25) is 5.91 Å². The summed E-state index contributed by atoms with van der Waals surface area (Å²) >= 11 is 5.83. The number of anilines is 2. The van der Waals surface area contributed by atoms with E-state index in [-0.39, 0.29) is 25.5 Å². The van der Waals surface area contributed by atoms with Crippen LogP contribution in [0.4, 0.5) is 11.4 Å². The van der Waals surface area contributed by atoms with Crippen LogP contribution < -0.4 is 11.1 Å². The van der Waals surface area contributed by atoms with Gasteiger partial charge in [-0.3, -0.25) is 9.69 Å². The van der Waals surface area contributed by atoms with Crippen LogP contribution in [-0.2, 0) is 4.79 Å². The third kappa shape index (κ3) is 3.57. The monoisotopic (exact) mass is 285 g/mol. The normalized spacial score (nSPS) is 23.5. The lowest BCUT2D eigenvalue weighted by atomic mass is 10.2. The number of nitrogens with zero attached hydrogens (tertiary/aromatic N) is 1. The maximum Gasteiger partial charge on any atom is 0.238 e. The van der Waals surface area contributed by atoms with Crippen LogP contribution in [0, 0.1) is 0 Å². The fourth-order valence-electron chi connectivity index (χ4n) is 2.01. The molecule has 1 aliphatic rings. The highest BCUT2D eigenvalue weighted by Gasteiger charge is 2.30. The Morgan fingerprint density at radius 1 is 1.42 bits per heavy atom. The maximum atomic E-state index is 11.8. The molecule has 2 atom stereocenters. The molecule has 7 heteroatoms. The molecular weight excluding hydrogens is 270 g/mol. The Balaban J connectivity index is 1.93. The van der Waals surface area contributed by atoms with Crippen molar-refractivity contribution in [2.45, 2.75) is 12.2 Å². The van der Waals surface area contributed by atoms with E-state index in [9.17, 15) is 15.0 Å². The molecule has 1 aliphatic heterocycles. The van der Waals surface area contributed by atoms with Crippen LogP contribution in [0.1, 0.15) is 0 Å². The van der Waals surface area contributed by atoms with Crippen molar-refractivity contribution in [2.24, 2.45) is 0 Å². The van der Waals surface area contributed by atoms with E-state index >= 15 is 0 Å². The van der Waals surface area contributed by atoms with E-state index in [1.54, 1.807) is 23.1 Å². The number of aliphatic hydroxyl groups excluding tert-OH is 2. The van der Waals surface area contributed by atoms with Crippen LogP contribution >= 0.6 is 11.6 Å². The number of likely N-dealkylation sites (tertiary alicyclic amines) is 1. The van der Waals surface area contributed by atoms with E-state index in [4.69, 9.17) is 17.3 Å². The minimum atomic E-state index is -0.802. The van der Waals surface area contributed by atoms with Crippen LogP contribution in [0.3, 0.4) is 0 Å². The fourth-order valence-corrected chi connectivity index (χ4v) is 2.18. The molecule has 0 aromatic heterocycles. The van der Waals surface area contributed by atoms with Gasteiger partial charge in [-0.25, -0.2) is 0 Å². The van der Waals surface area contributed by atoms with E-state index in [1.807, 2.05) is 0 Å². The summed E-state index contributed by atoms with van der Waals surface area (Å²) in [5.41, 5.74) is 6.61. The number of nitrogen functional groups attached to an aromatic ring is 1. The van der Waals surface area contributed by atoms with Crippen LogP contribution in [0.15, 0.2) is 18.2 Å². The van der Waals surface area contributed by atoms with Gasteiger partial charge >= 0.3 is 0 Å². The molecule has 1 saturated heterocycles. The van der Waals surface area contributed by atoms with Gasteiger partial charge in [0, 0.05) is 18.1 Å². The first-order chi connectivity index (χ1) is 8.95. The molecule has 0 bridgehead atoms. The average molecular weight is 286 g/mol. The Morgan fingerprint density at radius 3 is 2.68 bits per heavy atom. The van der Waals surface area contributed by atoms with Gasteiger partial charge in [0.05, 0.1) is 30.1 Å². The van der Waals surface area contributed by atoms with Crippen LogP contribution in [0.25, 0.3) is 0 Å². The molecule has 0 spiro atoms. The molecule has 1 fully saturated rings. The smallest absolute Gasteiger partial charge is 0.238 e. The molecule has 6 nitrogen and oxygen atoms in total. The summed E-state index contributed by atoms with van der Waals surface area (Å²) in [5, 5.41) is 21.9. The second-order valence-electron chi connectivity index (χ2n) is 4.61. The van der Waals surface area contributed by atoms with E-state index in [0.717, 1.165) is 0 Å². The number of β-amino-alcohol motifs (C(OH)–C–C–N with tert-alkyl or cyclic N) is 2. The molecule has 2 rings (SSSR count). The lowest BCUT2D eigenvalue weighted by Crippen LogP contribution is -2.32. The summed E-state index contributed by atoms with van der Waals surface area (Å²) in [6.45, 7) is 0.638. The Bertz CT molecular complexity index is 473. The van der Waals surface area contributed by atoms with Crippen molar-refractivity contribution in [1.29, 1.82) is 0 Å². The van der Waals surface area contributed by atoms with Gasteiger partial charge in [-0.05, 0) is 18.2 Å². The average Bonchev–Trinajstić information content (AvgIpc) is 2.63. The predicted molar refractivity (Wildman–Crippen MR) is 72.9 cm³/mol. The third-order valence-corrected chi connectivity index (χ3v) is 3.23. The predicted octanol–water partition coefficient (Wildman–Crippen LogP) is -0.102. The minimum Gasteiger partial charge on any atom is -0.397 e. The lowest BCUT2D eigenvalue weighted by molar-refractivity contribution is -0.117. The molecule has 5 N–H and O–H groups in total. The van der Waals surface area contributed by atoms with Gasteiger partial charge in [-0.15, -0.1) is 0 Å². The van der Waals surface area contributed by atoms with Crippen molar-refractivity contribution in [3.05, 3.63) is 23.2 Å². The van der Waals surface area contributed by atoms with Crippen LogP contribution in [0.2, 0.25) is 5.02 Å². The first-order valence-electron chi connectivity index (χ1n) is 5.89. The first-order valence-corrected chi connectivity index (χ1v) is 6.27. The molecule has 0 aliphatic carbocycles. The van der Waals surface area contributed by atoms with Crippen molar-refractivity contribution < 1.29 is 15.0 Å². The van der Waals surface area contributed by atoms with Crippen molar-refractivity contribution in [2.75, 3.05) is 30.7 Å². The summed E-state index contributed by atoms with van der Waals surface area (Å²) < 4.78 is 0. The standard InChI is InChI=1S/C12H16ClN3O3/c13-7-1-2-8(14)9(3-7)15-12(19)6-16-4-10(17)11(18)5-16/h1-3,10-11,17-18H,4-6,14H2,(H,15,19). The summed E-state index contributed by atoms with van der Waals surface area (Å²) in [4.78, 5) is 13.5. The second kappa shape index (κ2) is 5.75. The number of nitrogens with one attached hydrogen (secondary N) is 1. The largest absolute Gasteiger partial charge is 0.397 e. The molecule has 2 unspecified atom stereocenters. The molecule has 1 aromatic rings. The molecule has 1 heterocycles. The van der Waals surface area contributed by atoms with Gasteiger partial charge < -0.3 is 21.3 Å². The van der Waals surface area contributed by atoms with Crippen molar-refractivity contribution in [1.82, 2.24) is 4.90 Å². The second-order valence-corrected chi connectivity index (χ2v) is 5.04. The zero-order valence-electron chi connectivity index (χ0n) is 10.2. The van der Waals surface area contributed by atoms with Gasteiger partial charge in [0.1, 0.15) is 0 Å². The quantitative estimate of drug-likeness (QED) is 0.581. The number of carbonyl (C=O) groups excluding carboxylic acids is 1. The Hall–Kier alpha value is -1.34. The third-order valence-electron chi connectivity index (χ3n) is 2.99. The van der Waals surface area contributed by atoms with E-state index in [2.05, 4.69) is 5.32 Å². The van der Waals surface area contributed by atoms with Crippen molar-refractivity contribution in [3.63, 3.8) is 0 Å². The summed E-state index contributed by atoms with van der Waals surface area (Å²) in [7, 11) is 0. The number of rotatable bonds is 3. The highest BCUT2D eigenvalue weighted by Crippen LogP contribution is 2.22. The molecule has 19 heavy (non-hydrogen) atoms. The molecule has 1 amide bonds. The number of amides is 1. The molecule has 1 aromatic carbocycles. The topological polar surface area (TPSA) is 98.8 Å². The van der Waals surface area contributed by atoms with E-state index < -0.39 is 12.2 Å². The number of carbonyl (C=O) groups is 1. The van der Waals surface area contributed by atoms with Crippen LogP contribution in [0.5, 0.6) is 0 Å². The van der Waals surface area contributed by atoms with Crippen molar-refractivity contribution in [3.8, 4) is 0 Å². The highest BCUT2D eigenvalue weighted by molar-refractivity contribution is 6.31. The van der Waals surface area contributed by atoms with E-state index in [1.165, 1.54) is 0 Å². The SMILES string of the molecule is Nc1ccc(Cl)cc1NC(=O)CN1CC(O)C(O)C1. The first kappa shape index (κ1) is 14.1. The summed E-state index contributed by atoms with van der Waals surface area (Å²) in [6, 6.07) is 4.82. The molecule has 104 valence electrons. The Morgan fingerprint density at radius 2 is 2.05 bits per heavy atom. The van der Waals surface area contributed by atoms with Gasteiger partial charge in [0.25, 0.3) is 0 Å². The molecule has 0 radical (unpaired) electrons. The molecular formula is C12H16ClN3O3. The zero-order valence-corrected chi connectivity index (χ0v) is 11.0. The van der Waals surface area contributed by atoms with Gasteiger partial charge in [-0.1, -0.05) is 11.6 Å². The fraction of sp³-hybridized carbons (Fsp3) is 0.417. The Labute approximate surface area is 115 Å². The summed E-state index contributed by atoms with van der Waals surface area (Å²) in [6.07, 6.45) is -1.60. The van der Waals surface area contributed by atoms with Crippen molar-refractivity contribution >= 4 is 28.9 Å². The van der Waals surface area contributed by atoms with Gasteiger partial charge in [-0.2, -0.15) is 0 Å². The number of aliphatic hydroxyl groups is 2. The molecule has 0 saturated carbocycles. The number of hydrogen-bond acceptors (Lipinski definition) is 5. The van der Waals surface area contributed by atoms with E-state index in [0.29, 0.717) is 16.4 Å². The van der Waals surface area contributed by atoms with Crippen LogP contribution in [-0.4, -0.2) is 52.9 Å². The van der Waals surface area contributed by atoms with Gasteiger partial charge in [0.15, 0.2) is 0 Å².